The summed E-state index contributed by atoms with van der Waals surface area (Å²) in [6.07, 6.45) is 3.43. The molecule has 1 saturated carbocycles. The van der Waals surface area contributed by atoms with Gasteiger partial charge >= 0.3 is 0 Å². The zero-order chi connectivity index (χ0) is 20.7. The number of aromatic nitrogens is 4. The summed E-state index contributed by atoms with van der Waals surface area (Å²) in [6.45, 7) is 4.58. The van der Waals surface area contributed by atoms with E-state index in [-0.39, 0.29) is 24.8 Å². The highest BCUT2D eigenvalue weighted by Gasteiger charge is 2.44. The average molecular weight is 414 g/mol. The monoisotopic (exact) mass is 414 g/mol. The molecule has 1 saturated heterocycles. The second kappa shape index (κ2) is 7.46. The minimum Gasteiger partial charge on any atom is -0.377 e. The lowest BCUT2D eigenvalue weighted by molar-refractivity contribution is -0.106. The van der Waals surface area contributed by atoms with E-state index >= 15 is 0 Å². The zero-order valence-electron chi connectivity index (χ0n) is 16.7. The number of alkyl halides is 2. The predicted octanol–water partition coefficient (Wildman–Crippen LogP) is 3.70. The molecule has 1 aliphatic heterocycles. The first-order valence-electron chi connectivity index (χ1n) is 10.3. The summed E-state index contributed by atoms with van der Waals surface area (Å²) < 4.78 is 31.9. The maximum absolute atomic E-state index is 13.2. The average Bonchev–Trinajstić information content (AvgIpc) is 3.19. The van der Waals surface area contributed by atoms with Crippen LogP contribution in [0.2, 0.25) is 0 Å². The van der Waals surface area contributed by atoms with Gasteiger partial charge in [-0.15, -0.1) is 0 Å². The number of ether oxygens (including phenoxy) is 1. The van der Waals surface area contributed by atoms with Crippen LogP contribution in [0.1, 0.15) is 19.8 Å². The molecule has 158 valence electrons. The molecule has 2 N–H and O–H groups in total. The van der Waals surface area contributed by atoms with Crippen LogP contribution in [0.15, 0.2) is 30.6 Å². The first kappa shape index (κ1) is 19.2. The number of anilines is 2. The summed E-state index contributed by atoms with van der Waals surface area (Å²) in [7, 11) is 0. The Balaban J connectivity index is 1.49. The molecule has 4 heterocycles. The molecule has 0 amide bonds. The highest BCUT2D eigenvalue weighted by molar-refractivity contribution is 5.91. The van der Waals surface area contributed by atoms with Crippen LogP contribution in [0.25, 0.3) is 22.4 Å². The maximum atomic E-state index is 13.2. The van der Waals surface area contributed by atoms with Crippen LogP contribution in [0, 0.1) is 5.92 Å². The van der Waals surface area contributed by atoms with E-state index < -0.39 is 5.92 Å². The van der Waals surface area contributed by atoms with Crippen molar-refractivity contribution in [1.29, 1.82) is 0 Å². The molecule has 7 nitrogen and oxygen atoms in total. The predicted molar refractivity (Wildman–Crippen MR) is 111 cm³/mol. The van der Waals surface area contributed by atoms with Crippen molar-refractivity contribution in [2.45, 2.75) is 31.7 Å². The second-order valence-corrected chi connectivity index (χ2v) is 8.16. The fraction of sp³-hybridized carbons (Fsp3) is 0.476. The van der Waals surface area contributed by atoms with Crippen molar-refractivity contribution < 1.29 is 13.5 Å². The number of nitrogens with one attached hydrogen (secondary N) is 2. The van der Waals surface area contributed by atoms with E-state index in [4.69, 9.17) is 14.7 Å². The molecule has 0 unspecified atom stereocenters. The Hall–Kier alpha value is -2.81. The molecule has 0 bridgehead atoms. The molecular formula is C21H24F2N6O. The number of halogens is 2. The van der Waals surface area contributed by atoms with Gasteiger partial charge in [0.2, 0.25) is 5.92 Å². The Morgan fingerprint density at radius 1 is 1.30 bits per heavy atom. The van der Waals surface area contributed by atoms with Crippen molar-refractivity contribution in [3.8, 4) is 11.4 Å². The summed E-state index contributed by atoms with van der Waals surface area (Å²) in [4.78, 5) is 19.2. The number of aromatic amines is 1. The SMILES string of the molecule is C[C@@H]1COCCN1c1cc(NCC2CC(F)(F)C2)nc(-c2ccnc3[nH]ccc23)n1. The topological polar surface area (TPSA) is 79.0 Å². The summed E-state index contributed by atoms with van der Waals surface area (Å²) in [6, 6.07) is 5.94. The van der Waals surface area contributed by atoms with Crippen molar-refractivity contribution in [3.05, 3.63) is 30.6 Å². The third kappa shape index (κ3) is 3.69. The Morgan fingerprint density at radius 3 is 2.97 bits per heavy atom. The largest absolute Gasteiger partial charge is 0.377 e. The highest BCUT2D eigenvalue weighted by Crippen LogP contribution is 2.42. The van der Waals surface area contributed by atoms with E-state index in [9.17, 15) is 8.78 Å². The third-order valence-electron chi connectivity index (χ3n) is 5.82. The van der Waals surface area contributed by atoms with Crippen molar-refractivity contribution >= 4 is 22.7 Å². The van der Waals surface area contributed by atoms with E-state index in [1.54, 1.807) is 6.20 Å². The van der Waals surface area contributed by atoms with Gasteiger partial charge in [-0.05, 0) is 25.0 Å². The smallest absolute Gasteiger partial charge is 0.248 e. The lowest BCUT2D eigenvalue weighted by Crippen LogP contribution is -2.44. The van der Waals surface area contributed by atoms with E-state index in [2.05, 4.69) is 27.1 Å². The Bertz CT molecular complexity index is 1050. The molecule has 3 aromatic rings. The number of hydrogen-bond donors (Lipinski definition) is 2. The van der Waals surface area contributed by atoms with Crippen molar-refractivity contribution in [1.82, 2.24) is 19.9 Å². The van der Waals surface area contributed by atoms with E-state index in [0.717, 1.165) is 29.0 Å². The summed E-state index contributed by atoms with van der Waals surface area (Å²) in [5.41, 5.74) is 1.65. The van der Waals surface area contributed by atoms with Crippen LogP contribution in [-0.4, -0.2) is 58.2 Å². The van der Waals surface area contributed by atoms with Gasteiger partial charge in [-0.3, -0.25) is 0 Å². The van der Waals surface area contributed by atoms with Gasteiger partial charge in [0.15, 0.2) is 5.82 Å². The molecular weight excluding hydrogens is 390 g/mol. The maximum Gasteiger partial charge on any atom is 0.248 e. The van der Waals surface area contributed by atoms with Gasteiger partial charge in [-0.25, -0.2) is 23.7 Å². The fourth-order valence-corrected chi connectivity index (χ4v) is 4.19. The Kier molecular flexibility index (Phi) is 4.77. The van der Waals surface area contributed by atoms with Crippen molar-refractivity contribution in [2.75, 3.05) is 36.5 Å². The molecule has 0 spiro atoms. The molecule has 0 aromatic carbocycles. The molecule has 2 aliphatic rings. The van der Waals surface area contributed by atoms with Crippen LogP contribution in [0.3, 0.4) is 0 Å². The number of rotatable bonds is 5. The molecule has 0 radical (unpaired) electrons. The minimum absolute atomic E-state index is 0.0403. The van der Waals surface area contributed by atoms with E-state index in [0.29, 0.717) is 31.4 Å². The summed E-state index contributed by atoms with van der Waals surface area (Å²) in [5.74, 6) is -0.530. The molecule has 3 aromatic heterocycles. The van der Waals surface area contributed by atoms with Crippen LogP contribution in [0.5, 0.6) is 0 Å². The minimum atomic E-state index is -2.52. The van der Waals surface area contributed by atoms with Gasteiger partial charge in [0.1, 0.15) is 17.3 Å². The van der Waals surface area contributed by atoms with Gasteiger partial charge in [0.25, 0.3) is 0 Å². The molecule has 1 atom stereocenters. The highest BCUT2D eigenvalue weighted by atomic mass is 19.3. The summed E-state index contributed by atoms with van der Waals surface area (Å²) >= 11 is 0. The number of nitrogens with zero attached hydrogens (tertiary/aromatic N) is 4. The third-order valence-corrected chi connectivity index (χ3v) is 5.82. The number of hydrogen-bond acceptors (Lipinski definition) is 6. The fourth-order valence-electron chi connectivity index (χ4n) is 4.19. The number of H-pyrrole nitrogens is 1. The van der Waals surface area contributed by atoms with Gasteiger partial charge in [-0.2, -0.15) is 0 Å². The molecule has 2 fully saturated rings. The normalized spacial score (nSPS) is 21.6. The Labute approximate surface area is 172 Å². The quantitative estimate of drug-likeness (QED) is 0.663. The number of morpholine rings is 1. The number of pyridine rings is 1. The van der Waals surface area contributed by atoms with Crippen LogP contribution in [-0.2, 0) is 4.74 Å². The summed E-state index contributed by atoms with van der Waals surface area (Å²) in [5, 5.41) is 4.20. The van der Waals surface area contributed by atoms with Crippen LogP contribution in [0.4, 0.5) is 20.4 Å². The van der Waals surface area contributed by atoms with Crippen LogP contribution < -0.4 is 10.2 Å². The van der Waals surface area contributed by atoms with Crippen molar-refractivity contribution in [2.24, 2.45) is 5.92 Å². The van der Waals surface area contributed by atoms with Crippen LogP contribution >= 0.6 is 0 Å². The zero-order valence-corrected chi connectivity index (χ0v) is 16.7. The van der Waals surface area contributed by atoms with Gasteiger partial charge in [0, 0.05) is 55.3 Å². The standard InChI is InChI=1S/C21H24F2N6O/c1-13-12-30-7-6-29(13)18-8-17(26-11-14-9-21(22,23)10-14)27-20(28-18)16-3-5-25-19-15(16)2-4-24-19/h2-5,8,13-14H,6-7,9-12H2,1H3,(H,24,25)(H,26,27,28)/t13-/m1/s1. The van der Waals surface area contributed by atoms with Crippen molar-refractivity contribution in [3.63, 3.8) is 0 Å². The molecule has 5 rings (SSSR count). The lowest BCUT2D eigenvalue weighted by Gasteiger charge is -2.35. The Morgan fingerprint density at radius 2 is 2.17 bits per heavy atom. The van der Waals surface area contributed by atoms with Gasteiger partial charge < -0.3 is 19.9 Å². The molecule has 30 heavy (non-hydrogen) atoms. The first-order valence-corrected chi connectivity index (χ1v) is 10.3. The van der Waals surface area contributed by atoms with E-state index in [1.807, 2.05) is 24.4 Å². The van der Waals surface area contributed by atoms with Gasteiger partial charge in [-0.1, -0.05) is 0 Å². The molecule has 1 aliphatic carbocycles. The van der Waals surface area contributed by atoms with Gasteiger partial charge in [0.05, 0.1) is 19.3 Å². The van der Waals surface area contributed by atoms with E-state index in [1.165, 1.54) is 0 Å². The molecule has 9 heteroatoms. The first-order chi connectivity index (χ1) is 14.5. The number of fused-ring (bicyclic) bond motifs is 1. The second-order valence-electron chi connectivity index (χ2n) is 8.16. The lowest BCUT2D eigenvalue weighted by atomic mass is 9.81.